The van der Waals surface area contributed by atoms with Gasteiger partial charge in [0.2, 0.25) is 0 Å². The van der Waals surface area contributed by atoms with Gasteiger partial charge in [0, 0.05) is 11.0 Å². The maximum absolute atomic E-state index is 12.2. The maximum atomic E-state index is 12.2. The highest BCUT2D eigenvalue weighted by atomic mass is 16.5. The molecule has 1 heterocycles. The summed E-state index contributed by atoms with van der Waals surface area (Å²) < 4.78 is 5.60. The summed E-state index contributed by atoms with van der Waals surface area (Å²) in [6.07, 6.45) is 1.03. The second-order valence-corrected chi connectivity index (χ2v) is 5.87. The van der Waals surface area contributed by atoms with Crippen molar-refractivity contribution >= 4 is 5.78 Å². The number of hydrogen-bond acceptors (Lipinski definition) is 2. The molecule has 1 atom stereocenters. The molecular formula is C15H20O2. The van der Waals surface area contributed by atoms with Crippen LogP contribution in [0.15, 0.2) is 18.2 Å². The van der Waals surface area contributed by atoms with Gasteiger partial charge in [0.25, 0.3) is 0 Å². The first-order valence-corrected chi connectivity index (χ1v) is 6.21. The van der Waals surface area contributed by atoms with Crippen molar-refractivity contribution in [1.82, 2.24) is 0 Å². The Balaban J connectivity index is 2.39. The Labute approximate surface area is 103 Å². The smallest absolute Gasteiger partial charge is 0.168 e. The molecule has 1 aromatic carbocycles. The van der Waals surface area contributed by atoms with E-state index in [4.69, 9.17) is 4.74 Å². The predicted molar refractivity (Wildman–Crippen MR) is 68.8 cm³/mol. The minimum absolute atomic E-state index is 0.193. The molecule has 2 nitrogen and oxygen atoms in total. The molecule has 0 amide bonds. The number of hydrogen-bond donors (Lipinski definition) is 0. The van der Waals surface area contributed by atoms with E-state index in [1.165, 1.54) is 5.56 Å². The zero-order valence-corrected chi connectivity index (χ0v) is 11.0. The van der Waals surface area contributed by atoms with Crippen LogP contribution in [0.3, 0.4) is 0 Å². The maximum Gasteiger partial charge on any atom is 0.168 e. The van der Waals surface area contributed by atoms with Crippen molar-refractivity contribution in [2.75, 3.05) is 6.61 Å². The second-order valence-electron chi connectivity index (χ2n) is 5.87. The van der Waals surface area contributed by atoms with Crippen LogP contribution in [0.1, 0.15) is 56.0 Å². The molecule has 0 fully saturated rings. The molecule has 1 unspecified atom stereocenters. The lowest BCUT2D eigenvalue weighted by Crippen LogP contribution is -2.21. The SMILES string of the molecule is CC1CCOc2ccc(C(=O)C(C)(C)C)cc21. The molecule has 0 radical (unpaired) electrons. The molecule has 17 heavy (non-hydrogen) atoms. The molecule has 0 bridgehead atoms. The molecule has 1 aromatic rings. The van der Waals surface area contributed by atoms with Gasteiger partial charge in [-0.15, -0.1) is 0 Å². The van der Waals surface area contributed by atoms with Crippen LogP contribution < -0.4 is 4.74 Å². The predicted octanol–water partition coefficient (Wildman–Crippen LogP) is 3.80. The fourth-order valence-corrected chi connectivity index (χ4v) is 2.14. The summed E-state index contributed by atoms with van der Waals surface area (Å²) in [7, 11) is 0. The minimum Gasteiger partial charge on any atom is -0.493 e. The van der Waals surface area contributed by atoms with Gasteiger partial charge in [-0.2, -0.15) is 0 Å². The Hall–Kier alpha value is -1.31. The first-order valence-electron chi connectivity index (χ1n) is 6.21. The fraction of sp³-hybridized carbons (Fsp3) is 0.533. The zero-order chi connectivity index (χ0) is 12.6. The summed E-state index contributed by atoms with van der Waals surface area (Å²) in [6.45, 7) is 8.82. The van der Waals surface area contributed by atoms with Crippen molar-refractivity contribution in [3.8, 4) is 5.75 Å². The summed E-state index contributed by atoms with van der Waals surface area (Å²) in [4.78, 5) is 12.2. The number of ether oxygens (including phenoxy) is 1. The summed E-state index contributed by atoms with van der Waals surface area (Å²) in [5, 5.41) is 0. The standard InChI is InChI=1S/C15H20O2/c1-10-7-8-17-13-6-5-11(9-12(10)13)14(16)15(2,3)4/h5-6,9-10H,7-8H2,1-4H3. The zero-order valence-electron chi connectivity index (χ0n) is 11.0. The lowest BCUT2D eigenvalue weighted by atomic mass is 9.84. The highest BCUT2D eigenvalue weighted by Crippen LogP contribution is 2.35. The Kier molecular flexibility index (Phi) is 2.98. The monoisotopic (exact) mass is 232 g/mol. The first kappa shape index (κ1) is 12.2. The van der Waals surface area contributed by atoms with Gasteiger partial charge in [-0.25, -0.2) is 0 Å². The van der Waals surface area contributed by atoms with E-state index in [1.54, 1.807) is 0 Å². The van der Waals surface area contributed by atoms with E-state index in [-0.39, 0.29) is 11.2 Å². The van der Waals surface area contributed by atoms with Gasteiger partial charge < -0.3 is 4.74 Å². The Morgan fingerprint density at radius 1 is 1.35 bits per heavy atom. The van der Waals surface area contributed by atoms with Crippen LogP contribution >= 0.6 is 0 Å². The number of Topliss-reactive ketones (excluding diaryl/α,β-unsaturated/α-hetero) is 1. The van der Waals surface area contributed by atoms with Gasteiger partial charge in [0.05, 0.1) is 6.61 Å². The van der Waals surface area contributed by atoms with Crippen molar-refractivity contribution < 1.29 is 9.53 Å². The first-order chi connectivity index (χ1) is 7.89. The Morgan fingerprint density at radius 2 is 2.06 bits per heavy atom. The molecule has 2 heteroatoms. The Bertz CT molecular complexity index is 441. The third-order valence-corrected chi connectivity index (χ3v) is 3.29. The largest absolute Gasteiger partial charge is 0.493 e. The van der Waals surface area contributed by atoms with E-state index in [2.05, 4.69) is 6.92 Å². The van der Waals surface area contributed by atoms with Gasteiger partial charge in [-0.05, 0) is 36.1 Å². The molecule has 0 aromatic heterocycles. The average Bonchev–Trinajstić information content (AvgIpc) is 2.27. The molecule has 0 saturated heterocycles. The van der Waals surface area contributed by atoms with Gasteiger partial charge in [0.1, 0.15) is 5.75 Å². The summed E-state index contributed by atoms with van der Waals surface area (Å²) >= 11 is 0. The number of rotatable bonds is 1. The van der Waals surface area contributed by atoms with Crippen LogP contribution in [-0.2, 0) is 0 Å². The van der Waals surface area contributed by atoms with Crippen LogP contribution in [0, 0.1) is 5.41 Å². The molecule has 0 aliphatic carbocycles. The number of fused-ring (bicyclic) bond motifs is 1. The second kappa shape index (κ2) is 4.17. The minimum atomic E-state index is -0.326. The van der Waals surface area contributed by atoms with E-state index in [9.17, 15) is 4.79 Å². The van der Waals surface area contributed by atoms with Gasteiger partial charge in [0.15, 0.2) is 5.78 Å². The molecule has 0 saturated carbocycles. The quantitative estimate of drug-likeness (QED) is 0.688. The normalized spacial score (nSPS) is 19.4. The summed E-state index contributed by atoms with van der Waals surface area (Å²) in [6, 6.07) is 5.82. The molecule has 0 N–H and O–H groups in total. The highest BCUT2D eigenvalue weighted by molar-refractivity contribution is 6.00. The number of carbonyl (C=O) groups is 1. The van der Waals surface area contributed by atoms with Crippen LogP contribution in [0.2, 0.25) is 0 Å². The highest BCUT2D eigenvalue weighted by Gasteiger charge is 2.25. The number of ketones is 1. The van der Waals surface area contributed by atoms with E-state index in [1.807, 2.05) is 39.0 Å². The average molecular weight is 232 g/mol. The molecule has 1 aliphatic heterocycles. The van der Waals surface area contributed by atoms with E-state index < -0.39 is 0 Å². The lowest BCUT2D eigenvalue weighted by Gasteiger charge is -2.24. The fourth-order valence-electron chi connectivity index (χ4n) is 2.14. The van der Waals surface area contributed by atoms with Gasteiger partial charge in [-0.1, -0.05) is 27.7 Å². The molecular weight excluding hydrogens is 212 g/mol. The van der Waals surface area contributed by atoms with Crippen molar-refractivity contribution in [1.29, 1.82) is 0 Å². The third-order valence-electron chi connectivity index (χ3n) is 3.29. The van der Waals surface area contributed by atoms with E-state index in [0.29, 0.717) is 5.92 Å². The van der Waals surface area contributed by atoms with E-state index >= 15 is 0 Å². The topological polar surface area (TPSA) is 26.3 Å². The number of benzene rings is 1. The van der Waals surface area contributed by atoms with Crippen LogP contribution in [-0.4, -0.2) is 12.4 Å². The Morgan fingerprint density at radius 3 is 2.71 bits per heavy atom. The lowest BCUT2D eigenvalue weighted by molar-refractivity contribution is 0.0858. The van der Waals surface area contributed by atoms with Crippen molar-refractivity contribution in [2.45, 2.75) is 40.0 Å². The molecule has 0 spiro atoms. The molecule has 2 rings (SSSR count). The van der Waals surface area contributed by atoms with Crippen molar-refractivity contribution in [3.63, 3.8) is 0 Å². The number of carbonyl (C=O) groups excluding carboxylic acids is 1. The van der Waals surface area contributed by atoms with Crippen LogP contribution in [0.4, 0.5) is 0 Å². The summed E-state index contributed by atoms with van der Waals surface area (Å²) in [5.74, 6) is 1.61. The van der Waals surface area contributed by atoms with Crippen LogP contribution in [0.25, 0.3) is 0 Å². The third kappa shape index (κ3) is 2.36. The van der Waals surface area contributed by atoms with Gasteiger partial charge in [-0.3, -0.25) is 4.79 Å². The van der Waals surface area contributed by atoms with Crippen LogP contribution in [0.5, 0.6) is 5.75 Å². The summed E-state index contributed by atoms with van der Waals surface area (Å²) in [5.41, 5.74) is 1.65. The van der Waals surface area contributed by atoms with Gasteiger partial charge >= 0.3 is 0 Å². The van der Waals surface area contributed by atoms with E-state index in [0.717, 1.165) is 24.3 Å². The van der Waals surface area contributed by atoms with Crippen molar-refractivity contribution in [3.05, 3.63) is 29.3 Å². The molecule has 1 aliphatic rings. The molecule has 92 valence electrons. The van der Waals surface area contributed by atoms with Crippen molar-refractivity contribution in [2.24, 2.45) is 5.41 Å².